The van der Waals surface area contributed by atoms with Crippen LogP contribution in [0, 0.1) is 0 Å². The minimum Gasteiger partial charge on any atom is -0.475 e. The number of hydrogen-bond acceptors (Lipinski definition) is 5. The molecule has 8 heteroatoms. The number of nitrogens with one attached hydrogen (secondary N) is 1. The fourth-order valence-electron chi connectivity index (χ4n) is 1.47. The number of sulfonamides is 1. The fraction of sp³-hybridized carbons (Fsp3) is 0.0833. The average Bonchev–Trinajstić information content (AvgIpc) is 2.89. The first kappa shape index (κ1) is 14.5. The van der Waals surface area contributed by atoms with Crippen molar-refractivity contribution in [3.8, 4) is 0 Å². The van der Waals surface area contributed by atoms with Gasteiger partial charge in [0.25, 0.3) is 10.0 Å². The molecule has 0 fully saturated rings. The summed E-state index contributed by atoms with van der Waals surface area (Å²) in [5.74, 6) is -1.75. The topological polar surface area (TPSA) is 96.6 Å². The van der Waals surface area contributed by atoms with Gasteiger partial charge in [-0.2, -0.15) is 8.42 Å². The molecule has 0 amide bonds. The van der Waals surface area contributed by atoms with Crippen molar-refractivity contribution in [3.63, 3.8) is 0 Å². The maximum atomic E-state index is 12.0. The molecule has 0 aliphatic carbocycles. The quantitative estimate of drug-likeness (QED) is 0.823. The Morgan fingerprint density at radius 1 is 1.30 bits per heavy atom. The number of aromatic carboxylic acids is 1. The first-order valence-electron chi connectivity index (χ1n) is 5.42. The number of benzene rings is 1. The second kappa shape index (κ2) is 5.59. The van der Waals surface area contributed by atoms with E-state index in [0.717, 1.165) is 17.0 Å². The van der Waals surface area contributed by atoms with Gasteiger partial charge in [0.15, 0.2) is 0 Å². The van der Waals surface area contributed by atoms with E-state index in [-0.39, 0.29) is 0 Å². The van der Waals surface area contributed by atoms with Gasteiger partial charge in [-0.05, 0) is 36.6 Å². The zero-order valence-corrected chi connectivity index (χ0v) is 12.0. The summed E-state index contributed by atoms with van der Waals surface area (Å²) >= 11 is 1.48. The highest BCUT2D eigenvalue weighted by Gasteiger charge is 2.21. The van der Waals surface area contributed by atoms with E-state index in [1.54, 1.807) is 18.2 Å². The number of thioether (sulfide) groups is 1. The molecule has 6 nitrogen and oxygen atoms in total. The Morgan fingerprint density at radius 2 is 2.05 bits per heavy atom. The van der Waals surface area contributed by atoms with Crippen molar-refractivity contribution in [2.75, 3.05) is 11.0 Å². The molecular formula is C12H11NO5S2. The van der Waals surface area contributed by atoms with Gasteiger partial charge in [0.1, 0.15) is 0 Å². The molecule has 0 aliphatic heterocycles. The average molecular weight is 313 g/mol. The lowest BCUT2D eigenvalue weighted by Gasteiger charge is -2.06. The third-order valence-corrected chi connectivity index (χ3v) is 4.36. The summed E-state index contributed by atoms with van der Waals surface area (Å²) in [5.41, 5.74) is 0.380. The number of carboxylic acids is 1. The molecule has 1 heterocycles. The van der Waals surface area contributed by atoms with E-state index in [1.165, 1.54) is 11.8 Å². The Kier molecular flexibility index (Phi) is 4.05. The molecule has 0 aliphatic rings. The first-order chi connectivity index (χ1) is 9.42. The van der Waals surface area contributed by atoms with Gasteiger partial charge in [-0.3, -0.25) is 4.72 Å². The second-order valence-electron chi connectivity index (χ2n) is 3.76. The molecule has 106 valence electrons. The van der Waals surface area contributed by atoms with Crippen LogP contribution in [0.4, 0.5) is 5.69 Å². The third-order valence-electron chi connectivity index (χ3n) is 2.38. The SMILES string of the molecule is CSc1cccc(NS(=O)(=O)c2ccc(C(=O)O)o2)c1. The first-order valence-corrected chi connectivity index (χ1v) is 8.13. The molecular weight excluding hydrogens is 302 g/mol. The van der Waals surface area contributed by atoms with Crippen molar-refractivity contribution >= 4 is 33.4 Å². The minimum atomic E-state index is -3.94. The number of carbonyl (C=O) groups is 1. The summed E-state index contributed by atoms with van der Waals surface area (Å²) in [5, 5.41) is 8.27. The molecule has 0 bridgehead atoms. The molecule has 0 radical (unpaired) electrons. The second-order valence-corrected chi connectivity index (χ2v) is 6.25. The van der Waals surface area contributed by atoms with Crippen molar-refractivity contribution in [1.82, 2.24) is 0 Å². The summed E-state index contributed by atoms with van der Waals surface area (Å²) < 4.78 is 31.2. The summed E-state index contributed by atoms with van der Waals surface area (Å²) in [6.07, 6.45) is 1.87. The smallest absolute Gasteiger partial charge is 0.371 e. The van der Waals surface area contributed by atoms with Gasteiger partial charge in [-0.15, -0.1) is 11.8 Å². The Labute approximate surface area is 119 Å². The predicted molar refractivity (Wildman–Crippen MR) is 74.7 cm³/mol. The van der Waals surface area contributed by atoms with Crippen LogP contribution in [0.2, 0.25) is 0 Å². The normalized spacial score (nSPS) is 11.2. The molecule has 0 atom stereocenters. The summed E-state index contributed by atoms with van der Waals surface area (Å²) in [4.78, 5) is 11.6. The molecule has 1 aromatic carbocycles. The van der Waals surface area contributed by atoms with Crippen LogP contribution >= 0.6 is 11.8 Å². The zero-order valence-electron chi connectivity index (χ0n) is 10.4. The maximum Gasteiger partial charge on any atom is 0.371 e. The van der Waals surface area contributed by atoms with Crippen LogP contribution in [0.25, 0.3) is 0 Å². The highest BCUT2D eigenvalue weighted by atomic mass is 32.2. The third kappa shape index (κ3) is 3.14. The van der Waals surface area contributed by atoms with Crippen molar-refractivity contribution in [2.24, 2.45) is 0 Å². The highest BCUT2D eigenvalue weighted by Crippen LogP contribution is 2.22. The lowest BCUT2D eigenvalue weighted by molar-refractivity contribution is 0.0656. The van der Waals surface area contributed by atoms with Gasteiger partial charge in [-0.25, -0.2) is 4.79 Å². The zero-order chi connectivity index (χ0) is 14.8. The van der Waals surface area contributed by atoms with Crippen molar-refractivity contribution < 1.29 is 22.7 Å². The summed E-state index contributed by atoms with van der Waals surface area (Å²) in [6, 6.07) is 9.02. The molecule has 0 unspecified atom stereocenters. The van der Waals surface area contributed by atoms with Crippen LogP contribution in [-0.4, -0.2) is 25.7 Å². The Hall–Kier alpha value is -1.93. The van der Waals surface area contributed by atoms with E-state index in [4.69, 9.17) is 9.52 Å². The predicted octanol–water partition coefficient (Wildman–Crippen LogP) is 2.50. The molecule has 2 N–H and O–H groups in total. The van der Waals surface area contributed by atoms with E-state index in [9.17, 15) is 13.2 Å². The number of carboxylic acid groups (broad SMARTS) is 1. The largest absolute Gasteiger partial charge is 0.475 e. The van der Waals surface area contributed by atoms with Crippen LogP contribution < -0.4 is 4.72 Å². The molecule has 0 saturated carbocycles. The number of furan rings is 1. The monoisotopic (exact) mass is 313 g/mol. The summed E-state index contributed by atoms with van der Waals surface area (Å²) in [6.45, 7) is 0. The van der Waals surface area contributed by atoms with E-state index < -0.39 is 26.8 Å². The lowest BCUT2D eigenvalue weighted by Crippen LogP contribution is -2.12. The van der Waals surface area contributed by atoms with E-state index >= 15 is 0 Å². The van der Waals surface area contributed by atoms with Crippen molar-refractivity contribution in [1.29, 1.82) is 0 Å². The van der Waals surface area contributed by atoms with Crippen LogP contribution in [0.3, 0.4) is 0 Å². The molecule has 0 saturated heterocycles. The van der Waals surface area contributed by atoms with Crippen LogP contribution in [0.15, 0.2) is 50.8 Å². The Morgan fingerprint density at radius 3 is 2.65 bits per heavy atom. The van der Waals surface area contributed by atoms with E-state index in [2.05, 4.69) is 4.72 Å². The maximum absolute atomic E-state index is 12.0. The van der Waals surface area contributed by atoms with E-state index in [1.807, 2.05) is 12.3 Å². The molecule has 1 aromatic heterocycles. The van der Waals surface area contributed by atoms with Gasteiger partial charge in [0, 0.05) is 4.90 Å². The standard InChI is InChI=1S/C12H11NO5S2/c1-19-9-4-2-3-8(7-9)13-20(16,17)11-6-5-10(18-11)12(14)15/h2-7,13H,1H3,(H,14,15). The molecule has 2 aromatic rings. The number of hydrogen-bond donors (Lipinski definition) is 2. The van der Waals surface area contributed by atoms with Crippen molar-refractivity contribution in [3.05, 3.63) is 42.2 Å². The van der Waals surface area contributed by atoms with Gasteiger partial charge in [0.05, 0.1) is 5.69 Å². The van der Waals surface area contributed by atoms with Crippen LogP contribution in [-0.2, 0) is 10.0 Å². The molecule has 20 heavy (non-hydrogen) atoms. The van der Waals surface area contributed by atoms with Gasteiger partial charge < -0.3 is 9.52 Å². The lowest BCUT2D eigenvalue weighted by atomic mass is 10.3. The van der Waals surface area contributed by atoms with Crippen LogP contribution in [0.1, 0.15) is 10.6 Å². The molecule has 2 rings (SSSR count). The van der Waals surface area contributed by atoms with Gasteiger partial charge in [0.2, 0.25) is 10.9 Å². The van der Waals surface area contributed by atoms with Crippen molar-refractivity contribution in [2.45, 2.75) is 9.99 Å². The van der Waals surface area contributed by atoms with E-state index in [0.29, 0.717) is 5.69 Å². The highest BCUT2D eigenvalue weighted by molar-refractivity contribution is 7.98. The number of rotatable bonds is 5. The number of anilines is 1. The fourth-order valence-corrected chi connectivity index (χ4v) is 2.92. The minimum absolute atomic E-state index is 0.380. The Balaban J connectivity index is 2.27. The van der Waals surface area contributed by atoms with Gasteiger partial charge >= 0.3 is 5.97 Å². The van der Waals surface area contributed by atoms with Gasteiger partial charge in [-0.1, -0.05) is 6.07 Å². The summed E-state index contributed by atoms with van der Waals surface area (Å²) in [7, 11) is -3.94. The van der Waals surface area contributed by atoms with Crippen LogP contribution in [0.5, 0.6) is 0 Å². The Bertz CT molecular complexity index is 736. The molecule has 0 spiro atoms.